The van der Waals surface area contributed by atoms with Gasteiger partial charge in [-0.15, -0.1) is 0 Å². The summed E-state index contributed by atoms with van der Waals surface area (Å²) in [6.45, 7) is 12.8. The zero-order valence-corrected chi connectivity index (χ0v) is 27.6. The lowest BCUT2D eigenvalue weighted by atomic mass is 9.84. The van der Waals surface area contributed by atoms with Crippen molar-refractivity contribution in [3.8, 4) is 0 Å². The van der Waals surface area contributed by atoms with Crippen LogP contribution in [0.2, 0.25) is 0 Å². The van der Waals surface area contributed by atoms with Crippen LogP contribution in [0.4, 0.5) is 4.79 Å². The van der Waals surface area contributed by atoms with E-state index in [1.165, 1.54) is 70.6 Å². The third-order valence-corrected chi connectivity index (χ3v) is 7.97. The van der Waals surface area contributed by atoms with Crippen LogP contribution in [0.5, 0.6) is 0 Å². The number of carboxylic acids is 1. The van der Waals surface area contributed by atoms with Gasteiger partial charge in [-0.3, -0.25) is 4.79 Å². The summed E-state index contributed by atoms with van der Waals surface area (Å²) in [5.74, 6) is -0.468. The summed E-state index contributed by atoms with van der Waals surface area (Å²) in [5, 5.41) is 9.98. The zero-order chi connectivity index (χ0) is 30.6. The molecule has 0 aliphatic carbocycles. The normalized spacial score (nSPS) is 12.3. The van der Waals surface area contributed by atoms with Gasteiger partial charge in [-0.1, -0.05) is 117 Å². The van der Waals surface area contributed by atoms with Crippen LogP contribution >= 0.6 is 0 Å². The Morgan fingerprint density at radius 2 is 1.10 bits per heavy atom. The van der Waals surface area contributed by atoms with E-state index in [-0.39, 0.29) is 18.6 Å². The van der Waals surface area contributed by atoms with E-state index in [1.807, 2.05) is 13.8 Å². The molecule has 1 unspecified atom stereocenters. The van der Waals surface area contributed by atoms with Crippen molar-refractivity contribution in [1.82, 2.24) is 4.90 Å². The first-order valence-corrected chi connectivity index (χ1v) is 17.3. The van der Waals surface area contributed by atoms with Crippen LogP contribution in [0.25, 0.3) is 0 Å². The smallest absolute Gasteiger partial charge is 0.409 e. The Hall–Kier alpha value is -1.34. The number of hydrogen-bond donors (Lipinski definition) is 1. The van der Waals surface area contributed by atoms with Crippen LogP contribution in [0.15, 0.2) is 0 Å². The number of amides is 1. The van der Waals surface area contributed by atoms with Gasteiger partial charge in [0.05, 0.1) is 5.92 Å². The van der Waals surface area contributed by atoms with Crippen molar-refractivity contribution < 1.29 is 28.9 Å². The summed E-state index contributed by atoms with van der Waals surface area (Å²) < 4.78 is 16.6. The molecule has 1 N–H and O–H groups in total. The molecule has 0 aliphatic heterocycles. The maximum Gasteiger partial charge on any atom is 0.409 e. The maximum atomic E-state index is 13.0. The van der Waals surface area contributed by atoms with Gasteiger partial charge in [0, 0.05) is 26.3 Å². The van der Waals surface area contributed by atoms with E-state index in [2.05, 4.69) is 20.8 Å². The van der Waals surface area contributed by atoms with Crippen molar-refractivity contribution in [3.05, 3.63) is 0 Å². The minimum absolute atomic E-state index is 0.0760. The molecule has 0 fully saturated rings. The van der Waals surface area contributed by atoms with Gasteiger partial charge in [0.2, 0.25) is 0 Å². The molecule has 244 valence electrons. The van der Waals surface area contributed by atoms with E-state index in [4.69, 9.17) is 14.2 Å². The first-order chi connectivity index (χ1) is 19.9. The average Bonchev–Trinajstić information content (AvgIpc) is 2.95. The van der Waals surface area contributed by atoms with Crippen LogP contribution in [0.1, 0.15) is 157 Å². The molecular weight excluding hydrogens is 518 g/mol. The van der Waals surface area contributed by atoms with Gasteiger partial charge in [0.15, 0.2) is 6.29 Å². The SMILES string of the molecule is CCCCCCCCCN(CCCCC(CC(CCCCC)CCCCC)C(=O)O)C(=O)OCC(OCC)OCC. The Balaban J connectivity index is 4.92. The fourth-order valence-electron chi connectivity index (χ4n) is 5.48. The highest BCUT2D eigenvalue weighted by atomic mass is 16.7. The second-order valence-corrected chi connectivity index (χ2v) is 11.6. The van der Waals surface area contributed by atoms with Crippen LogP contribution < -0.4 is 0 Å². The predicted molar refractivity (Wildman–Crippen MR) is 169 cm³/mol. The van der Waals surface area contributed by atoms with Crippen LogP contribution in [-0.2, 0) is 19.0 Å². The largest absolute Gasteiger partial charge is 0.481 e. The van der Waals surface area contributed by atoms with Gasteiger partial charge in [-0.05, 0) is 45.4 Å². The van der Waals surface area contributed by atoms with E-state index < -0.39 is 12.3 Å². The molecule has 0 bridgehead atoms. The van der Waals surface area contributed by atoms with Crippen molar-refractivity contribution in [2.75, 3.05) is 32.9 Å². The summed E-state index contributed by atoms with van der Waals surface area (Å²) in [6, 6.07) is 0. The number of nitrogens with zero attached hydrogens (tertiary/aromatic N) is 1. The highest BCUT2D eigenvalue weighted by Crippen LogP contribution is 2.27. The molecule has 7 heteroatoms. The molecular formula is C34H67NO6. The molecule has 1 atom stereocenters. The minimum Gasteiger partial charge on any atom is -0.481 e. The molecule has 0 rings (SSSR count). The number of carbonyl (C=O) groups excluding carboxylic acids is 1. The van der Waals surface area contributed by atoms with Gasteiger partial charge in [-0.25, -0.2) is 4.79 Å². The predicted octanol–water partition coefficient (Wildman–Crippen LogP) is 9.61. The molecule has 0 aliphatic rings. The molecule has 0 saturated heterocycles. The molecule has 0 saturated carbocycles. The Morgan fingerprint density at radius 3 is 1.61 bits per heavy atom. The molecule has 1 amide bonds. The number of hydrogen-bond acceptors (Lipinski definition) is 5. The molecule has 0 heterocycles. The fraction of sp³-hybridized carbons (Fsp3) is 0.941. The third kappa shape index (κ3) is 22.9. The van der Waals surface area contributed by atoms with Gasteiger partial charge in [0.25, 0.3) is 0 Å². The van der Waals surface area contributed by atoms with Gasteiger partial charge < -0.3 is 24.2 Å². The zero-order valence-electron chi connectivity index (χ0n) is 27.6. The maximum absolute atomic E-state index is 13.0. The minimum atomic E-state index is -0.668. The third-order valence-electron chi connectivity index (χ3n) is 7.97. The molecule has 0 radical (unpaired) electrons. The molecule has 0 aromatic rings. The van der Waals surface area contributed by atoms with E-state index in [1.54, 1.807) is 4.90 Å². The number of aliphatic carboxylic acids is 1. The van der Waals surface area contributed by atoms with Crippen molar-refractivity contribution >= 4 is 12.1 Å². The summed E-state index contributed by atoms with van der Waals surface area (Å²) in [5.41, 5.74) is 0. The number of rotatable bonds is 30. The fourth-order valence-corrected chi connectivity index (χ4v) is 5.48. The highest BCUT2D eigenvalue weighted by molar-refractivity contribution is 5.70. The lowest BCUT2D eigenvalue weighted by molar-refractivity contribution is -0.158. The molecule has 0 aromatic carbocycles. The van der Waals surface area contributed by atoms with Crippen molar-refractivity contribution in [1.29, 1.82) is 0 Å². The number of carboxylic acid groups (broad SMARTS) is 1. The molecule has 0 spiro atoms. The van der Waals surface area contributed by atoms with E-state index in [0.717, 1.165) is 44.9 Å². The molecule has 7 nitrogen and oxygen atoms in total. The van der Waals surface area contributed by atoms with Crippen LogP contribution in [-0.4, -0.2) is 61.3 Å². The first kappa shape index (κ1) is 39.7. The monoisotopic (exact) mass is 585 g/mol. The number of carbonyl (C=O) groups is 2. The number of ether oxygens (including phenoxy) is 3. The van der Waals surface area contributed by atoms with E-state index in [0.29, 0.717) is 38.6 Å². The van der Waals surface area contributed by atoms with Crippen molar-refractivity contribution in [2.24, 2.45) is 11.8 Å². The first-order valence-electron chi connectivity index (χ1n) is 17.3. The Morgan fingerprint density at radius 1 is 0.634 bits per heavy atom. The lowest BCUT2D eigenvalue weighted by Crippen LogP contribution is -2.36. The van der Waals surface area contributed by atoms with Crippen LogP contribution in [0.3, 0.4) is 0 Å². The topological polar surface area (TPSA) is 85.3 Å². The van der Waals surface area contributed by atoms with Gasteiger partial charge in [-0.2, -0.15) is 0 Å². The van der Waals surface area contributed by atoms with Gasteiger partial charge in [0.1, 0.15) is 6.61 Å². The summed E-state index contributed by atoms with van der Waals surface area (Å²) in [7, 11) is 0. The standard InChI is InChI=1S/C34H67NO6/c1-6-11-14-15-16-17-21-26-35(34(38)41-29-32(39-9-4)40-10-5)27-22-20-25-31(33(36)37)28-30(23-18-12-7-2)24-19-13-8-3/h30-32H,6-29H2,1-5H3,(H,36,37). The Bertz CT molecular complexity index is 586. The summed E-state index contributed by atoms with van der Waals surface area (Å²) >= 11 is 0. The molecule has 41 heavy (non-hydrogen) atoms. The summed E-state index contributed by atoms with van der Waals surface area (Å²) in [4.78, 5) is 26.9. The van der Waals surface area contributed by atoms with Gasteiger partial charge >= 0.3 is 12.1 Å². The highest BCUT2D eigenvalue weighted by Gasteiger charge is 2.23. The van der Waals surface area contributed by atoms with E-state index >= 15 is 0 Å². The van der Waals surface area contributed by atoms with Crippen molar-refractivity contribution in [3.63, 3.8) is 0 Å². The van der Waals surface area contributed by atoms with E-state index in [9.17, 15) is 14.7 Å². The molecule has 0 aromatic heterocycles. The Kier molecular flexibility index (Phi) is 27.8. The number of unbranched alkanes of at least 4 members (excludes halogenated alkanes) is 11. The average molecular weight is 586 g/mol. The second-order valence-electron chi connectivity index (χ2n) is 11.6. The van der Waals surface area contributed by atoms with Crippen molar-refractivity contribution in [2.45, 2.75) is 163 Å². The summed E-state index contributed by atoms with van der Waals surface area (Å²) in [6.07, 6.45) is 20.0. The lowest BCUT2D eigenvalue weighted by Gasteiger charge is -2.25. The van der Waals surface area contributed by atoms with Crippen LogP contribution in [0, 0.1) is 11.8 Å². The second kappa shape index (κ2) is 28.8. The quantitative estimate of drug-likeness (QED) is 0.0667. The Labute approximate surface area is 253 Å².